The number of rotatable bonds is 4. The van der Waals surface area contributed by atoms with Gasteiger partial charge in [-0.15, -0.1) is 0 Å². The van der Waals surface area contributed by atoms with Crippen LogP contribution < -0.4 is 5.32 Å². The van der Waals surface area contributed by atoms with Crippen molar-refractivity contribution in [3.63, 3.8) is 0 Å². The fourth-order valence-electron chi connectivity index (χ4n) is 0.884. The molecule has 0 saturated carbocycles. The monoisotopic (exact) mass is 144 g/mol. The average Bonchev–Trinajstić information content (AvgIpc) is 1.85. The highest BCUT2D eigenvalue weighted by atomic mass is 15.2. The van der Waals surface area contributed by atoms with Crippen molar-refractivity contribution in [2.24, 2.45) is 0 Å². The van der Waals surface area contributed by atoms with Crippen molar-refractivity contribution in [2.75, 3.05) is 13.6 Å². The van der Waals surface area contributed by atoms with Crippen molar-refractivity contribution in [1.29, 1.82) is 0 Å². The summed E-state index contributed by atoms with van der Waals surface area (Å²) in [7, 11) is 2.13. The van der Waals surface area contributed by atoms with Gasteiger partial charge in [-0.25, -0.2) is 0 Å². The quantitative estimate of drug-likeness (QED) is 0.598. The van der Waals surface area contributed by atoms with E-state index in [1.165, 1.54) is 0 Å². The molecule has 0 aliphatic rings. The van der Waals surface area contributed by atoms with Gasteiger partial charge in [0.25, 0.3) is 0 Å². The molecule has 2 nitrogen and oxygen atoms in total. The average molecular weight is 144 g/mol. The third-order valence-corrected chi connectivity index (χ3v) is 1.73. The summed E-state index contributed by atoms with van der Waals surface area (Å²) in [5.74, 6) is 0. The van der Waals surface area contributed by atoms with E-state index in [9.17, 15) is 0 Å². The van der Waals surface area contributed by atoms with Crippen molar-refractivity contribution in [3.8, 4) is 0 Å². The highest BCUT2D eigenvalue weighted by Gasteiger charge is 2.06. The molecule has 0 aromatic heterocycles. The molecular formula is C8H20N2. The molecule has 0 aromatic carbocycles. The van der Waals surface area contributed by atoms with Crippen LogP contribution in [0, 0.1) is 0 Å². The Kier molecular flexibility index (Phi) is 4.65. The molecule has 1 unspecified atom stereocenters. The van der Waals surface area contributed by atoms with Crippen LogP contribution in [0.25, 0.3) is 0 Å². The van der Waals surface area contributed by atoms with Gasteiger partial charge >= 0.3 is 0 Å². The van der Waals surface area contributed by atoms with Crippen LogP contribution in [0.1, 0.15) is 27.7 Å². The normalized spacial score (nSPS) is 14.7. The van der Waals surface area contributed by atoms with Crippen LogP contribution in [0.5, 0.6) is 0 Å². The number of nitrogens with zero attached hydrogens (tertiary/aromatic N) is 1. The molecule has 0 aromatic rings. The van der Waals surface area contributed by atoms with Crippen LogP contribution in [-0.4, -0.2) is 30.7 Å². The van der Waals surface area contributed by atoms with Gasteiger partial charge in [0, 0.05) is 6.04 Å². The molecule has 62 valence electrons. The van der Waals surface area contributed by atoms with E-state index in [0.29, 0.717) is 12.2 Å². The molecule has 0 rings (SSSR count). The molecule has 2 heteroatoms. The maximum Gasteiger partial charge on any atom is 0.0567 e. The smallest absolute Gasteiger partial charge is 0.0567 e. The molecule has 0 saturated heterocycles. The van der Waals surface area contributed by atoms with Crippen LogP contribution >= 0.6 is 0 Å². The highest BCUT2D eigenvalue weighted by Crippen LogP contribution is 1.91. The largest absolute Gasteiger partial charge is 0.300 e. The lowest BCUT2D eigenvalue weighted by molar-refractivity contribution is 0.219. The van der Waals surface area contributed by atoms with Crippen molar-refractivity contribution < 1.29 is 0 Å². The summed E-state index contributed by atoms with van der Waals surface area (Å²) < 4.78 is 0. The Hall–Kier alpha value is -0.0800. The van der Waals surface area contributed by atoms with E-state index in [2.05, 4.69) is 45.0 Å². The lowest BCUT2D eigenvalue weighted by Crippen LogP contribution is -2.44. The molecule has 0 aliphatic carbocycles. The molecule has 0 heterocycles. The zero-order valence-electron chi connectivity index (χ0n) is 7.81. The Balaban J connectivity index is 3.50. The highest BCUT2D eigenvalue weighted by molar-refractivity contribution is 4.61. The van der Waals surface area contributed by atoms with Crippen LogP contribution in [0.3, 0.4) is 0 Å². The van der Waals surface area contributed by atoms with Gasteiger partial charge in [0.1, 0.15) is 0 Å². The molecule has 1 atom stereocenters. The molecule has 0 amide bonds. The third-order valence-electron chi connectivity index (χ3n) is 1.73. The van der Waals surface area contributed by atoms with Crippen molar-refractivity contribution in [3.05, 3.63) is 0 Å². The first-order chi connectivity index (χ1) is 4.57. The molecule has 0 bridgehead atoms. The zero-order chi connectivity index (χ0) is 8.15. The SMILES string of the molecule is CCN(C)C(C)NC(C)C. The molecule has 0 radical (unpaired) electrons. The van der Waals surface area contributed by atoms with Crippen LogP contribution in [0.4, 0.5) is 0 Å². The van der Waals surface area contributed by atoms with Gasteiger partial charge in [-0.3, -0.25) is 10.2 Å². The first-order valence-electron chi connectivity index (χ1n) is 4.04. The lowest BCUT2D eigenvalue weighted by atomic mass is 10.3. The van der Waals surface area contributed by atoms with Crippen molar-refractivity contribution in [1.82, 2.24) is 10.2 Å². The van der Waals surface area contributed by atoms with E-state index in [-0.39, 0.29) is 0 Å². The maximum absolute atomic E-state index is 3.42. The first kappa shape index (κ1) is 9.92. The lowest BCUT2D eigenvalue weighted by Gasteiger charge is -2.25. The number of nitrogens with one attached hydrogen (secondary N) is 1. The minimum Gasteiger partial charge on any atom is -0.300 e. The maximum atomic E-state index is 3.42. The van der Waals surface area contributed by atoms with Gasteiger partial charge in [0.05, 0.1) is 6.17 Å². The van der Waals surface area contributed by atoms with E-state index in [1.54, 1.807) is 0 Å². The van der Waals surface area contributed by atoms with Crippen LogP contribution in [-0.2, 0) is 0 Å². The second-order valence-electron chi connectivity index (χ2n) is 3.07. The van der Waals surface area contributed by atoms with Crippen molar-refractivity contribution >= 4 is 0 Å². The third kappa shape index (κ3) is 3.85. The predicted molar refractivity (Wildman–Crippen MR) is 46.0 cm³/mol. The Morgan fingerprint density at radius 3 is 2.10 bits per heavy atom. The molecule has 10 heavy (non-hydrogen) atoms. The Morgan fingerprint density at radius 1 is 1.30 bits per heavy atom. The Morgan fingerprint density at radius 2 is 1.80 bits per heavy atom. The molecule has 0 aliphatic heterocycles. The summed E-state index contributed by atoms with van der Waals surface area (Å²) in [4.78, 5) is 2.28. The molecule has 0 spiro atoms. The zero-order valence-corrected chi connectivity index (χ0v) is 7.81. The summed E-state index contributed by atoms with van der Waals surface area (Å²) in [5, 5.41) is 3.42. The number of hydrogen-bond acceptors (Lipinski definition) is 2. The van der Waals surface area contributed by atoms with E-state index in [1.807, 2.05) is 0 Å². The summed E-state index contributed by atoms with van der Waals surface area (Å²) in [6.45, 7) is 9.78. The predicted octanol–water partition coefficient (Wildman–Crippen LogP) is 1.28. The van der Waals surface area contributed by atoms with E-state index < -0.39 is 0 Å². The molecular weight excluding hydrogens is 124 g/mol. The number of hydrogen-bond donors (Lipinski definition) is 1. The molecule has 1 N–H and O–H groups in total. The van der Waals surface area contributed by atoms with Crippen LogP contribution in [0.2, 0.25) is 0 Å². The minimum absolute atomic E-state index is 0.491. The van der Waals surface area contributed by atoms with Crippen LogP contribution in [0.15, 0.2) is 0 Å². The van der Waals surface area contributed by atoms with E-state index in [0.717, 1.165) is 6.54 Å². The van der Waals surface area contributed by atoms with E-state index in [4.69, 9.17) is 0 Å². The van der Waals surface area contributed by atoms with E-state index >= 15 is 0 Å². The van der Waals surface area contributed by atoms with Gasteiger partial charge in [0.15, 0.2) is 0 Å². The van der Waals surface area contributed by atoms with Gasteiger partial charge < -0.3 is 0 Å². The second-order valence-corrected chi connectivity index (χ2v) is 3.07. The fraction of sp³-hybridized carbons (Fsp3) is 1.00. The summed E-state index contributed by atoms with van der Waals surface area (Å²) in [6, 6.07) is 0.573. The minimum atomic E-state index is 0.491. The van der Waals surface area contributed by atoms with Gasteiger partial charge in [-0.1, -0.05) is 6.92 Å². The van der Waals surface area contributed by atoms with Gasteiger partial charge in [0.2, 0.25) is 0 Å². The van der Waals surface area contributed by atoms with Crippen molar-refractivity contribution in [2.45, 2.75) is 39.9 Å². The fourth-order valence-corrected chi connectivity index (χ4v) is 0.884. The molecule has 0 fully saturated rings. The standard InChI is InChI=1S/C8H20N2/c1-6-10(5)8(4)9-7(2)3/h7-9H,6H2,1-5H3. The second kappa shape index (κ2) is 4.69. The summed E-state index contributed by atoms with van der Waals surface area (Å²) in [6.07, 6.45) is 0.491. The Bertz CT molecular complexity index is 81.3. The Labute approximate surface area is 64.6 Å². The summed E-state index contributed by atoms with van der Waals surface area (Å²) >= 11 is 0. The van der Waals surface area contributed by atoms with Gasteiger partial charge in [-0.05, 0) is 34.4 Å². The summed E-state index contributed by atoms with van der Waals surface area (Å²) in [5.41, 5.74) is 0. The topological polar surface area (TPSA) is 15.3 Å². The first-order valence-corrected chi connectivity index (χ1v) is 4.04. The van der Waals surface area contributed by atoms with Gasteiger partial charge in [-0.2, -0.15) is 0 Å².